The highest BCUT2D eigenvalue weighted by atomic mass is 16.6. The molecule has 0 aromatic rings. The molecule has 3 unspecified atom stereocenters. The molecule has 0 aromatic carbocycles. The van der Waals surface area contributed by atoms with Crippen LogP contribution in [0.2, 0.25) is 0 Å². The number of fused-ring (bicyclic) bond motifs is 2. The molecule has 2 aliphatic heterocycles. The van der Waals surface area contributed by atoms with Crippen LogP contribution < -0.4 is 0 Å². The van der Waals surface area contributed by atoms with Crippen LogP contribution in [0.1, 0.15) is 39.0 Å². The molecular weight excluding hydrogens is 140 g/mol. The highest BCUT2D eigenvalue weighted by Crippen LogP contribution is 2.40. The zero-order valence-corrected chi connectivity index (χ0v) is 7.05. The van der Waals surface area contributed by atoms with Crippen molar-refractivity contribution in [3.8, 4) is 0 Å². The number of aliphatic hydroxyl groups is 1. The van der Waals surface area contributed by atoms with Crippen molar-refractivity contribution in [1.82, 2.24) is 0 Å². The fourth-order valence-electron chi connectivity index (χ4n) is 2.22. The lowest BCUT2D eigenvalue weighted by Gasteiger charge is -2.45. The average Bonchev–Trinajstić information content (AvgIpc) is 1.98. The van der Waals surface area contributed by atoms with Gasteiger partial charge < -0.3 is 9.84 Å². The summed E-state index contributed by atoms with van der Waals surface area (Å²) in [6.45, 7) is 2.08. The molecule has 11 heavy (non-hydrogen) atoms. The van der Waals surface area contributed by atoms with E-state index in [0.717, 1.165) is 32.1 Å². The smallest absolute Gasteiger partial charge is 0.168 e. The summed E-state index contributed by atoms with van der Waals surface area (Å²) in [5.74, 6) is -0.430. The minimum atomic E-state index is -0.763. The quantitative estimate of drug-likeness (QED) is 0.578. The van der Waals surface area contributed by atoms with Crippen LogP contribution in [-0.2, 0) is 4.74 Å². The molecule has 64 valence electrons. The third-order valence-electron chi connectivity index (χ3n) is 3.12. The summed E-state index contributed by atoms with van der Waals surface area (Å²) in [5, 5.41) is 9.95. The van der Waals surface area contributed by atoms with Gasteiger partial charge in [-0.3, -0.25) is 0 Å². The van der Waals surface area contributed by atoms with Crippen molar-refractivity contribution >= 4 is 0 Å². The first-order valence-electron chi connectivity index (χ1n) is 4.61. The van der Waals surface area contributed by atoms with E-state index >= 15 is 0 Å². The van der Waals surface area contributed by atoms with Crippen LogP contribution in [0.3, 0.4) is 0 Å². The summed E-state index contributed by atoms with van der Waals surface area (Å²) in [6, 6.07) is 0. The molecule has 2 bridgehead atoms. The van der Waals surface area contributed by atoms with Gasteiger partial charge in [-0.05, 0) is 25.7 Å². The van der Waals surface area contributed by atoms with Gasteiger partial charge in [0.1, 0.15) is 0 Å². The molecule has 2 nitrogen and oxygen atoms in total. The van der Waals surface area contributed by atoms with Gasteiger partial charge in [0.25, 0.3) is 0 Å². The Bertz CT molecular complexity index is 158. The van der Waals surface area contributed by atoms with E-state index in [1.807, 2.05) is 0 Å². The minimum Gasteiger partial charge on any atom is -0.365 e. The van der Waals surface area contributed by atoms with Crippen LogP contribution >= 0.6 is 0 Å². The molecule has 2 heteroatoms. The maximum atomic E-state index is 9.95. The SMILES string of the molecule is CC1CCC2CCCC1(O)O2. The normalized spacial score (nSPS) is 50.7. The van der Waals surface area contributed by atoms with E-state index in [-0.39, 0.29) is 0 Å². The molecule has 2 saturated heterocycles. The van der Waals surface area contributed by atoms with Gasteiger partial charge in [0, 0.05) is 12.3 Å². The summed E-state index contributed by atoms with van der Waals surface area (Å²) < 4.78 is 5.58. The molecule has 2 fully saturated rings. The van der Waals surface area contributed by atoms with Gasteiger partial charge in [-0.15, -0.1) is 0 Å². The fourth-order valence-corrected chi connectivity index (χ4v) is 2.22. The third-order valence-corrected chi connectivity index (χ3v) is 3.12. The van der Waals surface area contributed by atoms with E-state index in [1.54, 1.807) is 0 Å². The molecule has 1 N–H and O–H groups in total. The van der Waals surface area contributed by atoms with Gasteiger partial charge in [0.2, 0.25) is 0 Å². The first-order chi connectivity index (χ1) is 5.21. The summed E-state index contributed by atoms with van der Waals surface area (Å²) in [5.41, 5.74) is 0. The van der Waals surface area contributed by atoms with Crippen LogP contribution in [0.4, 0.5) is 0 Å². The zero-order valence-electron chi connectivity index (χ0n) is 7.05. The van der Waals surface area contributed by atoms with E-state index in [4.69, 9.17) is 4.74 Å². The third kappa shape index (κ3) is 1.18. The van der Waals surface area contributed by atoms with Crippen LogP contribution in [0, 0.1) is 5.92 Å². The first-order valence-corrected chi connectivity index (χ1v) is 4.61. The molecule has 2 heterocycles. The van der Waals surface area contributed by atoms with Gasteiger partial charge in [-0.25, -0.2) is 0 Å². The molecule has 2 rings (SSSR count). The Morgan fingerprint density at radius 2 is 2.18 bits per heavy atom. The number of hydrogen-bond donors (Lipinski definition) is 1. The van der Waals surface area contributed by atoms with Crippen LogP contribution in [0.15, 0.2) is 0 Å². The van der Waals surface area contributed by atoms with Gasteiger partial charge in [0.15, 0.2) is 5.79 Å². The van der Waals surface area contributed by atoms with Gasteiger partial charge in [-0.2, -0.15) is 0 Å². The summed E-state index contributed by atoms with van der Waals surface area (Å²) in [4.78, 5) is 0. The molecule has 2 aliphatic rings. The number of rotatable bonds is 0. The molecule has 0 radical (unpaired) electrons. The molecule has 3 atom stereocenters. The lowest BCUT2D eigenvalue weighted by molar-refractivity contribution is -0.300. The monoisotopic (exact) mass is 156 g/mol. The molecule has 0 amide bonds. The Morgan fingerprint density at radius 1 is 1.36 bits per heavy atom. The maximum absolute atomic E-state index is 9.95. The molecule has 0 aliphatic carbocycles. The summed E-state index contributed by atoms with van der Waals surface area (Å²) >= 11 is 0. The lowest BCUT2D eigenvalue weighted by Crippen LogP contribution is -2.49. The largest absolute Gasteiger partial charge is 0.365 e. The van der Waals surface area contributed by atoms with E-state index < -0.39 is 5.79 Å². The van der Waals surface area contributed by atoms with Crippen molar-refractivity contribution in [3.05, 3.63) is 0 Å². The van der Waals surface area contributed by atoms with E-state index in [1.165, 1.54) is 0 Å². The van der Waals surface area contributed by atoms with Crippen LogP contribution in [-0.4, -0.2) is 17.0 Å². The average molecular weight is 156 g/mol. The second-order valence-electron chi connectivity index (χ2n) is 3.96. The summed E-state index contributed by atoms with van der Waals surface area (Å²) in [6.07, 6.45) is 5.74. The Labute approximate surface area is 67.6 Å². The van der Waals surface area contributed by atoms with Crippen LogP contribution in [0.5, 0.6) is 0 Å². The van der Waals surface area contributed by atoms with Gasteiger partial charge in [0.05, 0.1) is 6.10 Å². The van der Waals surface area contributed by atoms with Crippen LogP contribution in [0.25, 0.3) is 0 Å². The molecule has 0 spiro atoms. The van der Waals surface area contributed by atoms with Gasteiger partial charge in [-0.1, -0.05) is 6.92 Å². The Hall–Kier alpha value is -0.0800. The Balaban J connectivity index is 2.13. The van der Waals surface area contributed by atoms with Gasteiger partial charge >= 0.3 is 0 Å². The predicted octanol–water partition coefficient (Wildman–Crippen LogP) is 1.67. The Kier molecular flexibility index (Phi) is 1.69. The van der Waals surface area contributed by atoms with E-state index in [9.17, 15) is 5.11 Å². The van der Waals surface area contributed by atoms with Crippen molar-refractivity contribution in [2.45, 2.75) is 50.9 Å². The topological polar surface area (TPSA) is 29.5 Å². The zero-order chi connectivity index (χ0) is 7.90. The number of hydrogen-bond acceptors (Lipinski definition) is 2. The lowest BCUT2D eigenvalue weighted by atomic mass is 9.82. The number of ether oxygens (including phenoxy) is 1. The van der Waals surface area contributed by atoms with Crippen molar-refractivity contribution in [3.63, 3.8) is 0 Å². The van der Waals surface area contributed by atoms with E-state index in [0.29, 0.717) is 12.0 Å². The fraction of sp³-hybridized carbons (Fsp3) is 1.00. The predicted molar refractivity (Wildman–Crippen MR) is 42.1 cm³/mol. The maximum Gasteiger partial charge on any atom is 0.168 e. The first kappa shape index (κ1) is 7.56. The highest BCUT2D eigenvalue weighted by Gasteiger charge is 2.43. The summed E-state index contributed by atoms with van der Waals surface area (Å²) in [7, 11) is 0. The van der Waals surface area contributed by atoms with E-state index in [2.05, 4.69) is 6.92 Å². The standard InChI is InChI=1S/C9H16O2/c1-7-4-5-8-3-2-6-9(7,10)11-8/h7-8,10H,2-6H2,1H3. The molecular formula is C9H16O2. The highest BCUT2D eigenvalue weighted by molar-refractivity contribution is 4.86. The Morgan fingerprint density at radius 3 is 2.91 bits per heavy atom. The minimum absolute atomic E-state index is 0.332. The molecule has 0 aromatic heterocycles. The molecule has 0 saturated carbocycles. The second kappa shape index (κ2) is 2.46. The van der Waals surface area contributed by atoms with Crippen molar-refractivity contribution < 1.29 is 9.84 Å². The van der Waals surface area contributed by atoms with Crippen molar-refractivity contribution in [1.29, 1.82) is 0 Å². The second-order valence-corrected chi connectivity index (χ2v) is 3.96. The van der Waals surface area contributed by atoms with Crippen molar-refractivity contribution in [2.75, 3.05) is 0 Å². The van der Waals surface area contributed by atoms with Crippen molar-refractivity contribution in [2.24, 2.45) is 5.92 Å².